The zero-order valence-electron chi connectivity index (χ0n) is 13.0. The molecular weight excluding hydrogens is 312 g/mol. The van der Waals surface area contributed by atoms with Gasteiger partial charge in [-0.1, -0.05) is 24.4 Å². The van der Waals surface area contributed by atoms with E-state index in [1.165, 1.54) is 12.8 Å². The summed E-state index contributed by atoms with van der Waals surface area (Å²) in [4.78, 5) is 12.1. The molecule has 0 unspecified atom stereocenters. The molecule has 23 heavy (non-hydrogen) atoms. The molecule has 1 aliphatic rings. The lowest BCUT2D eigenvalue weighted by Crippen LogP contribution is -2.33. The van der Waals surface area contributed by atoms with Crippen molar-refractivity contribution in [1.29, 1.82) is 0 Å². The van der Waals surface area contributed by atoms with E-state index in [1.807, 2.05) is 25.1 Å². The number of nitrogens with one attached hydrogen (secondary N) is 2. The number of hydrogen-bond donors (Lipinski definition) is 2. The Balaban J connectivity index is 1.65. The standard InChI is InChI=1S/C17H19ClN4O/c1-11-10-12(18)6-7-14(11)20-16-9-8-15(21-22-16)17(23)19-13-4-2-3-5-13/h6-10,13H,2-5H2,1H3,(H,19,23)(H,20,22). The minimum atomic E-state index is -0.154. The molecule has 1 aromatic heterocycles. The summed E-state index contributed by atoms with van der Waals surface area (Å²) in [6.07, 6.45) is 4.46. The number of aryl methyl sites for hydroxylation is 1. The largest absolute Gasteiger partial charge is 0.348 e. The van der Waals surface area contributed by atoms with E-state index in [2.05, 4.69) is 20.8 Å². The molecule has 0 atom stereocenters. The topological polar surface area (TPSA) is 66.9 Å². The Kier molecular flexibility index (Phi) is 4.76. The summed E-state index contributed by atoms with van der Waals surface area (Å²) in [5.74, 6) is 0.437. The van der Waals surface area contributed by atoms with Crippen molar-refractivity contribution in [2.75, 3.05) is 5.32 Å². The first-order chi connectivity index (χ1) is 11.1. The SMILES string of the molecule is Cc1cc(Cl)ccc1Nc1ccc(C(=O)NC2CCCC2)nn1. The fourth-order valence-electron chi connectivity index (χ4n) is 2.75. The molecular formula is C17H19ClN4O. The molecule has 5 nitrogen and oxygen atoms in total. The van der Waals surface area contributed by atoms with Crippen LogP contribution < -0.4 is 10.6 Å². The van der Waals surface area contributed by atoms with Crippen molar-refractivity contribution in [3.05, 3.63) is 46.6 Å². The quantitative estimate of drug-likeness (QED) is 0.893. The zero-order valence-corrected chi connectivity index (χ0v) is 13.7. The first-order valence-electron chi connectivity index (χ1n) is 7.79. The van der Waals surface area contributed by atoms with E-state index in [-0.39, 0.29) is 11.9 Å². The molecule has 0 spiro atoms. The van der Waals surface area contributed by atoms with Crippen molar-refractivity contribution >= 4 is 29.0 Å². The van der Waals surface area contributed by atoms with Gasteiger partial charge >= 0.3 is 0 Å². The fourth-order valence-corrected chi connectivity index (χ4v) is 2.98. The summed E-state index contributed by atoms with van der Waals surface area (Å²) in [7, 11) is 0. The van der Waals surface area contributed by atoms with Crippen molar-refractivity contribution in [2.24, 2.45) is 0 Å². The van der Waals surface area contributed by atoms with Crippen LogP contribution in [0.2, 0.25) is 5.02 Å². The van der Waals surface area contributed by atoms with Crippen LogP contribution in [0, 0.1) is 6.92 Å². The van der Waals surface area contributed by atoms with Crippen molar-refractivity contribution < 1.29 is 4.79 Å². The van der Waals surface area contributed by atoms with Crippen LogP contribution in [0.1, 0.15) is 41.7 Å². The molecule has 2 aromatic rings. The monoisotopic (exact) mass is 330 g/mol. The summed E-state index contributed by atoms with van der Waals surface area (Å²) in [6.45, 7) is 1.96. The third-order valence-electron chi connectivity index (χ3n) is 4.04. The Morgan fingerprint density at radius 2 is 1.96 bits per heavy atom. The molecule has 1 aliphatic carbocycles. The van der Waals surface area contributed by atoms with Gasteiger partial charge < -0.3 is 10.6 Å². The zero-order chi connectivity index (χ0) is 16.2. The van der Waals surface area contributed by atoms with Gasteiger partial charge in [-0.3, -0.25) is 4.79 Å². The smallest absolute Gasteiger partial charge is 0.272 e. The Bertz CT molecular complexity index is 696. The van der Waals surface area contributed by atoms with Gasteiger partial charge in [-0.25, -0.2) is 0 Å². The average Bonchev–Trinajstić information content (AvgIpc) is 3.04. The minimum Gasteiger partial charge on any atom is -0.348 e. The van der Waals surface area contributed by atoms with Gasteiger partial charge in [-0.2, -0.15) is 0 Å². The third kappa shape index (κ3) is 3.99. The number of aromatic nitrogens is 2. The van der Waals surface area contributed by atoms with Crippen molar-refractivity contribution in [3.8, 4) is 0 Å². The van der Waals surface area contributed by atoms with Gasteiger partial charge in [0, 0.05) is 16.8 Å². The number of carbonyl (C=O) groups excluding carboxylic acids is 1. The van der Waals surface area contributed by atoms with E-state index >= 15 is 0 Å². The normalized spacial score (nSPS) is 14.7. The summed E-state index contributed by atoms with van der Waals surface area (Å²) in [6, 6.07) is 9.29. The molecule has 2 N–H and O–H groups in total. The van der Waals surface area contributed by atoms with Crippen LogP contribution in [0.3, 0.4) is 0 Å². The second-order valence-electron chi connectivity index (χ2n) is 5.84. The fraction of sp³-hybridized carbons (Fsp3) is 0.353. The van der Waals surface area contributed by atoms with Crippen LogP contribution in [0.25, 0.3) is 0 Å². The molecule has 0 aliphatic heterocycles. The molecule has 1 heterocycles. The van der Waals surface area contributed by atoms with Gasteiger partial charge in [0.25, 0.3) is 5.91 Å². The van der Waals surface area contributed by atoms with Gasteiger partial charge in [-0.15, -0.1) is 10.2 Å². The molecule has 0 radical (unpaired) electrons. The number of halogens is 1. The summed E-state index contributed by atoms with van der Waals surface area (Å²) in [5, 5.41) is 15.0. The number of carbonyl (C=O) groups is 1. The highest BCUT2D eigenvalue weighted by molar-refractivity contribution is 6.30. The lowest BCUT2D eigenvalue weighted by atomic mass is 10.2. The number of rotatable bonds is 4. The van der Waals surface area contributed by atoms with E-state index in [9.17, 15) is 4.79 Å². The molecule has 0 bridgehead atoms. The Hall–Kier alpha value is -2.14. The molecule has 0 saturated heterocycles. The maximum Gasteiger partial charge on any atom is 0.272 e. The Labute approximate surface area is 140 Å². The molecule has 3 rings (SSSR count). The second-order valence-corrected chi connectivity index (χ2v) is 6.28. The third-order valence-corrected chi connectivity index (χ3v) is 4.27. The first kappa shape index (κ1) is 15.7. The molecule has 120 valence electrons. The average molecular weight is 331 g/mol. The highest BCUT2D eigenvalue weighted by Crippen LogP contribution is 2.22. The maximum atomic E-state index is 12.1. The predicted molar refractivity (Wildman–Crippen MR) is 91.2 cm³/mol. The first-order valence-corrected chi connectivity index (χ1v) is 8.17. The van der Waals surface area contributed by atoms with Crippen LogP contribution in [-0.2, 0) is 0 Å². The van der Waals surface area contributed by atoms with Crippen LogP contribution in [0.5, 0.6) is 0 Å². The highest BCUT2D eigenvalue weighted by Gasteiger charge is 2.18. The molecule has 1 fully saturated rings. The van der Waals surface area contributed by atoms with Crippen LogP contribution in [-0.4, -0.2) is 22.1 Å². The van der Waals surface area contributed by atoms with E-state index in [1.54, 1.807) is 12.1 Å². The lowest BCUT2D eigenvalue weighted by molar-refractivity contribution is 0.0932. The summed E-state index contributed by atoms with van der Waals surface area (Å²) < 4.78 is 0. The van der Waals surface area contributed by atoms with E-state index in [0.717, 1.165) is 24.1 Å². The van der Waals surface area contributed by atoms with E-state index in [0.29, 0.717) is 16.5 Å². The van der Waals surface area contributed by atoms with Gasteiger partial charge in [0.15, 0.2) is 11.5 Å². The Morgan fingerprint density at radius 1 is 1.17 bits per heavy atom. The number of nitrogens with zero attached hydrogens (tertiary/aromatic N) is 2. The molecule has 1 aromatic carbocycles. The van der Waals surface area contributed by atoms with Gasteiger partial charge in [0.1, 0.15) is 0 Å². The van der Waals surface area contributed by atoms with Crippen LogP contribution >= 0.6 is 11.6 Å². The molecule has 1 amide bonds. The van der Waals surface area contributed by atoms with Crippen molar-refractivity contribution in [3.63, 3.8) is 0 Å². The van der Waals surface area contributed by atoms with Gasteiger partial charge in [0.05, 0.1) is 0 Å². The highest BCUT2D eigenvalue weighted by atomic mass is 35.5. The van der Waals surface area contributed by atoms with Gasteiger partial charge in [0.2, 0.25) is 0 Å². The summed E-state index contributed by atoms with van der Waals surface area (Å²) in [5.41, 5.74) is 2.27. The number of anilines is 2. The van der Waals surface area contributed by atoms with Gasteiger partial charge in [-0.05, 0) is 55.7 Å². The van der Waals surface area contributed by atoms with Crippen LogP contribution in [0.4, 0.5) is 11.5 Å². The second kappa shape index (κ2) is 6.96. The van der Waals surface area contributed by atoms with E-state index < -0.39 is 0 Å². The predicted octanol–water partition coefficient (Wildman–Crippen LogP) is 3.85. The lowest BCUT2D eigenvalue weighted by Gasteiger charge is -2.11. The number of amides is 1. The van der Waals surface area contributed by atoms with E-state index in [4.69, 9.17) is 11.6 Å². The Morgan fingerprint density at radius 3 is 2.61 bits per heavy atom. The maximum absolute atomic E-state index is 12.1. The van der Waals surface area contributed by atoms with Crippen molar-refractivity contribution in [2.45, 2.75) is 38.6 Å². The number of benzene rings is 1. The molecule has 1 saturated carbocycles. The summed E-state index contributed by atoms with van der Waals surface area (Å²) >= 11 is 5.95. The minimum absolute atomic E-state index is 0.154. The number of hydrogen-bond acceptors (Lipinski definition) is 4. The van der Waals surface area contributed by atoms with Crippen molar-refractivity contribution in [1.82, 2.24) is 15.5 Å². The molecule has 6 heteroatoms. The van der Waals surface area contributed by atoms with Crippen LogP contribution in [0.15, 0.2) is 30.3 Å².